The van der Waals surface area contributed by atoms with Gasteiger partial charge in [-0.1, -0.05) is 29.3 Å². The minimum Gasteiger partial charge on any atom is -0.338 e. The molecule has 1 aliphatic heterocycles. The molecule has 0 saturated carbocycles. The first kappa shape index (κ1) is 19.1. The van der Waals surface area contributed by atoms with Crippen LogP contribution in [0, 0.1) is 12.7 Å². The monoisotopic (exact) mass is 398 g/mol. The first-order valence-electron chi connectivity index (χ1n) is 8.51. The lowest BCUT2D eigenvalue weighted by molar-refractivity contribution is -0.136. The van der Waals surface area contributed by atoms with Crippen molar-refractivity contribution in [1.29, 1.82) is 0 Å². The lowest BCUT2D eigenvalue weighted by Gasteiger charge is -2.36. The van der Waals surface area contributed by atoms with Gasteiger partial charge in [0.25, 0.3) is 0 Å². The van der Waals surface area contributed by atoms with E-state index in [0.29, 0.717) is 29.7 Å². The van der Waals surface area contributed by atoms with E-state index in [2.05, 4.69) is 10.00 Å². The molecule has 1 unspecified atom stereocenters. The van der Waals surface area contributed by atoms with Gasteiger partial charge in [-0.15, -0.1) is 0 Å². The van der Waals surface area contributed by atoms with Gasteiger partial charge < -0.3 is 4.90 Å². The molecule has 0 bridgehead atoms. The molecule has 26 heavy (non-hydrogen) atoms. The molecule has 1 amide bonds. The number of carbonyl (C=O) groups is 1. The average Bonchev–Trinajstić information content (AvgIpc) is 2.96. The van der Waals surface area contributed by atoms with Gasteiger partial charge in [-0.05, 0) is 31.5 Å². The summed E-state index contributed by atoms with van der Waals surface area (Å²) in [6, 6.07) is 4.07. The smallest absolute Gasteiger partial charge is 0.247 e. The number of piperazine rings is 1. The predicted molar refractivity (Wildman–Crippen MR) is 100.0 cm³/mol. The van der Waals surface area contributed by atoms with Crippen molar-refractivity contribution >= 4 is 29.1 Å². The van der Waals surface area contributed by atoms with Gasteiger partial charge in [0.1, 0.15) is 11.9 Å². The van der Waals surface area contributed by atoms with Crippen LogP contribution in [-0.4, -0.2) is 51.7 Å². The Morgan fingerprint density at radius 1 is 1.23 bits per heavy atom. The summed E-state index contributed by atoms with van der Waals surface area (Å²) >= 11 is 12.1. The second kappa shape index (κ2) is 7.94. The number of carbonyl (C=O) groups excluding carboxylic acids is 1. The number of amides is 1. The van der Waals surface area contributed by atoms with Crippen molar-refractivity contribution in [3.8, 4) is 0 Å². The molecule has 1 aromatic carbocycles. The summed E-state index contributed by atoms with van der Waals surface area (Å²) in [4.78, 5) is 16.8. The number of hydrogen-bond acceptors (Lipinski definition) is 3. The predicted octanol–water partition coefficient (Wildman–Crippen LogP) is 3.54. The van der Waals surface area contributed by atoms with E-state index in [4.69, 9.17) is 23.2 Å². The number of nitrogens with zero attached hydrogens (tertiary/aromatic N) is 4. The van der Waals surface area contributed by atoms with Crippen molar-refractivity contribution in [2.75, 3.05) is 26.2 Å². The topological polar surface area (TPSA) is 41.4 Å². The maximum atomic E-state index is 13.2. The van der Waals surface area contributed by atoms with Gasteiger partial charge >= 0.3 is 0 Å². The number of halogens is 3. The summed E-state index contributed by atoms with van der Waals surface area (Å²) in [5.41, 5.74) is 1.68. The maximum absolute atomic E-state index is 13.2. The molecule has 3 rings (SSSR count). The van der Waals surface area contributed by atoms with Crippen LogP contribution in [0.25, 0.3) is 0 Å². The minimum atomic E-state index is -0.388. The van der Waals surface area contributed by atoms with Gasteiger partial charge in [-0.3, -0.25) is 14.4 Å². The molecular formula is C18H21Cl2FN4O. The molecule has 1 saturated heterocycles. The molecule has 5 nitrogen and oxygen atoms in total. The molecule has 0 N–H and O–H groups in total. The first-order valence-corrected chi connectivity index (χ1v) is 9.27. The Balaban J connectivity index is 1.57. The Hall–Kier alpha value is -1.63. The van der Waals surface area contributed by atoms with Crippen molar-refractivity contribution in [2.45, 2.75) is 26.4 Å². The Morgan fingerprint density at radius 3 is 2.50 bits per heavy atom. The molecule has 2 aromatic rings. The second-order valence-electron chi connectivity index (χ2n) is 6.54. The summed E-state index contributed by atoms with van der Waals surface area (Å²) in [7, 11) is 0. The van der Waals surface area contributed by atoms with Crippen molar-refractivity contribution in [2.24, 2.45) is 0 Å². The lowest BCUT2D eigenvalue weighted by Crippen LogP contribution is -2.50. The summed E-state index contributed by atoms with van der Waals surface area (Å²) in [5.74, 6) is -0.301. The van der Waals surface area contributed by atoms with Crippen molar-refractivity contribution in [3.05, 3.63) is 51.5 Å². The quantitative estimate of drug-likeness (QED) is 0.790. The van der Waals surface area contributed by atoms with E-state index in [1.54, 1.807) is 16.9 Å². The van der Waals surface area contributed by atoms with E-state index in [1.165, 1.54) is 12.1 Å². The Kier molecular flexibility index (Phi) is 5.85. The van der Waals surface area contributed by atoms with Gasteiger partial charge in [0.2, 0.25) is 5.91 Å². The Morgan fingerprint density at radius 2 is 1.92 bits per heavy atom. The fraction of sp³-hybridized carbons (Fsp3) is 0.444. The lowest BCUT2D eigenvalue weighted by atomic mass is 10.2. The van der Waals surface area contributed by atoms with Gasteiger partial charge in [-0.25, -0.2) is 4.39 Å². The van der Waals surface area contributed by atoms with E-state index < -0.39 is 0 Å². The Bertz CT molecular complexity index is 802. The van der Waals surface area contributed by atoms with Gasteiger partial charge in [0, 0.05) is 37.7 Å². The summed E-state index contributed by atoms with van der Waals surface area (Å²) in [6.45, 7) is 7.08. The third-order valence-corrected chi connectivity index (χ3v) is 5.52. The molecule has 0 spiro atoms. The van der Waals surface area contributed by atoms with Crippen molar-refractivity contribution < 1.29 is 9.18 Å². The molecular weight excluding hydrogens is 378 g/mol. The van der Waals surface area contributed by atoms with Crippen LogP contribution in [-0.2, 0) is 11.3 Å². The van der Waals surface area contributed by atoms with Crippen LogP contribution >= 0.6 is 23.2 Å². The van der Waals surface area contributed by atoms with Crippen LogP contribution < -0.4 is 0 Å². The highest BCUT2D eigenvalue weighted by Crippen LogP contribution is 2.22. The van der Waals surface area contributed by atoms with E-state index in [-0.39, 0.29) is 17.8 Å². The zero-order valence-electron chi connectivity index (χ0n) is 14.8. The van der Waals surface area contributed by atoms with E-state index >= 15 is 0 Å². The molecule has 1 fully saturated rings. The van der Waals surface area contributed by atoms with Gasteiger partial charge in [0.05, 0.1) is 16.9 Å². The fourth-order valence-corrected chi connectivity index (χ4v) is 3.54. The normalized spacial score (nSPS) is 16.7. The van der Waals surface area contributed by atoms with Crippen LogP contribution in [0.15, 0.2) is 24.4 Å². The molecule has 2 heterocycles. The van der Waals surface area contributed by atoms with E-state index in [0.717, 1.165) is 24.3 Å². The fourth-order valence-electron chi connectivity index (χ4n) is 3.18. The third kappa shape index (κ3) is 4.03. The number of benzene rings is 1. The highest BCUT2D eigenvalue weighted by molar-refractivity contribution is 6.31. The molecule has 140 valence electrons. The number of aromatic nitrogens is 2. The highest BCUT2D eigenvalue weighted by Gasteiger charge is 2.27. The summed E-state index contributed by atoms with van der Waals surface area (Å²) in [6.07, 6.45) is 1.56. The third-order valence-electron chi connectivity index (χ3n) is 4.80. The second-order valence-corrected chi connectivity index (χ2v) is 7.35. The van der Waals surface area contributed by atoms with E-state index in [9.17, 15) is 9.18 Å². The van der Waals surface area contributed by atoms with Gasteiger partial charge in [-0.2, -0.15) is 5.10 Å². The standard InChI is InChI=1S/C18H21Cl2FN4O/c1-12-17(20)10-22-25(12)13(2)18(26)24-7-5-23(6-8-24)11-14-3-4-15(21)9-16(14)19/h3-4,9-10,13H,5-8,11H2,1-2H3. The van der Waals surface area contributed by atoms with Gasteiger partial charge in [0.15, 0.2) is 0 Å². The molecule has 1 atom stereocenters. The highest BCUT2D eigenvalue weighted by atomic mass is 35.5. The SMILES string of the molecule is Cc1c(Cl)cnn1C(C)C(=O)N1CCN(Cc2ccc(F)cc2Cl)CC1. The van der Waals surface area contributed by atoms with Crippen LogP contribution in [0.1, 0.15) is 24.2 Å². The molecule has 0 radical (unpaired) electrons. The largest absolute Gasteiger partial charge is 0.338 e. The first-order chi connectivity index (χ1) is 12.4. The van der Waals surface area contributed by atoms with Crippen molar-refractivity contribution in [3.63, 3.8) is 0 Å². The van der Waals surface area contributed by atoms with Crippen molar-refractivity contribution in [1.82, 2.24) is 19.6 Å². The van der Waals surface area contributed by atoms with Crippen LogP contribution in [0.5, 0.6) is 0 Å². The molecule has 1 aliphatic rings. The van der Waals surface area contributed by atoms with Crippen LogP contribution in [0.3, 0.4) is 0 Å². The zero-order valence-corrected chi connectivity index (χ0v) is 16.3. The summed E-state index contributed by atoms with van der Waals surface area (Å²) in [5, 5.41) is 5.19. The van der Waals surface area contributed by atoms with E-state index in [1.807, 2.05) is 18.7 Å². The number of hydrogen-bond donors (Lipinski definition) is 0. The molecule has 0 aliphatic carbocycles. The summed E-state index contributed by atoms with van der Waals surface area (Å²) < 4.78 is 14.8. The molecule has 1 aromatic heterocycles. The Labute approximate surface area is 162 Å². The van der Waals surface area contributed by atoms with Crippen LogP contribution in [0.4, 0.5) is 4.39 Å². The molecule has 8 heteroatoms. The zero-order chi connectivity index (χ0) is 18.8. The minimum absolute atomic E-state index is 0.0346. The van der Waals surface area contributed by atoms with Crippen LogP contribution in [0.2, 0.25) is 10.0 Å². The maximum Gasteiger partial charge on any atom is 0.247 e. The number of rotatable bonds is 4. The average molecular weight is 399 g/mol.